The van der Waals surface area contributed by atoms with Gasteiger partial charge in [-0.1, -0.05) is 38.1 Å². The van der Waals surface area contributed by atoms with Gasteiger partial charge in [0.2, 0.25) is 0 Å². The van der Waals surface area contributed by atoms with E-state index in [9.17, 15) is 10.1 Å². The molecular weight excluding hydrogens is 526 g/mol. The zero-order valence-electron chi connectivity index (χ0n) is 24.6. The number of likely N-dealkylation sites (N-methyl/N-ethyl adjacent to an activating group) is 1. The molecule has 7 nitrogen and oxygen atoms in total. The number of rotatable bonds is 11. The van der Waals surface area contributed by atoms with E-state index in [0.717, 1.165) is 77.0 Å². The predicted octanol–water partition coefficient (Wildman–Crippen LogP) is 8.57. The van der Waals surface area contributed by atoms with E-state index in [1.165, 1.54) is 5.56 Å². The van der Waals surface area contributed by atoms with Crippen LogP contribution < -0.4 is 15.0 Å². The maximum atomic E-state index is 11.0. The van der Waals surface area contributed by atoms with E-state index < -0.39 is 0 Å². The molecule has 3 aromatic rings. The Kier molecular flexibility index (Phi) is 8.57. The molecule has 0 bridgehead atoms. The number of hydrogen-bond donors (Lipinski definition) is 1. The smallest absolute Gasteiger partial charge is 0.269 e. The number of anilines is 1. The maximum Gasteiger partial charge on any atom is 0.269 e. The number of benzene rings is 4. The number of nitrogens with zero attached hydrogens (tertiary/aromatic N) is 2. The monoisotopic (exact) mass is 563 g/mol. The normalized spacial score (nSPS) is 11.4. The number of hydrogen-bond acceptors (Lipinski definition) is 6. The molecule has 0 saturated carbocycles. The summed E-state index contributed by atoms with van der Waals surface area (Å²) < 4.78 is 12.4. The lowest BCUT2D eigenvalue weighted by Gasteiger charge is -2.24. The minimum atomic E-state index is -0.376. The zero-order chi connectivity index (χ0) is 29.8. The summed E-state index contributed by atoms with van der Waals surface area (Å²) in [7, 11) is 1.72. The largest absolute Gasteiger partial charge is 0.496 e. The minimum absolute atomic E-state index is 0.0999. The molecule has 0 amide bonds. The van der Waals surface area contributed by atoms with Crippen molar-refractivity contribution >= 4 is 22.3 Å². The highest BCUT2D eigenvalue weighted by Gasteiger charge is 2.21. The molecule has 42 heavy (non-hydrogen) atoms. The first-order chi connectivity index (χ1) is 20.4. The Morgan fingerprint density at radius 1 is 0.929 bits per heavy atom. The Bertz CT molecular complexity index is 1740. The molecule has 0 saturated heterocycles. The highest BCUT2D eigenvalue weighted by molar-refractivity contribution is 6.04. The molecule has 5 rings (SSSR count). The summed E-state index contributed by atoms with van der Waals surface area (Å²) in [5, 5.41) is 20.6. The van der Waals surface area contributed by atoms with Gasteiger partial charge in [0.05, 0.1) is 17.4 Å². The van der Waals surface area contributed by atoms with E-state index in [0.29, 0.717) is 17.0 Å². The Morgan fingerprint density at radius 2 is 1.67 bits per heavy atom. The predicted molar refractivity (Wildman–Crippen MR) is 169 cm³/mol. The molecule has 1 aliphatic carbocycles. The highest BCUT2D eigenvalue weighted by atomic mass is 16.6. The van der Waals surface area contributed by atoms with E-state index in [1.807, 2.05) is 18.2 Å². The first-order valence-corrected chi connectivity index (χ1v) is 14.6. The van der Waals surface area contributed by atoms with Crippen LogP contribution in [0.25, 0.3) is 33.4 Å². The number of non-ortho nitro benzene ring substituents is 1. The van der Waals surface area contributed by atoms with Crippen molar-refractivity contribution in [1.29, 1.82) is 5.41 Å². The molecule has 2 aliphatic rings. The molecule has 0 fully saturated rings. The Labute approximate surface area is 246 Å². The molecule has 0 spiro atoms. The average molecular weight is 564 g/mol. The summed E-state index contributed by atoms with van der Waals surface area (Å²) in [4.78, 5) is 12.9. The van der Waals surface area contributed by atoms with Gasteiger partial charge in [0.15, 0.2) is 0 Å². The van der Waals surface area contributed by atoms with Crippen LogP contribution in [0.3, 0.4) is 0 Å². The van der Waals surface area contributed by atoms with E-state index in [1.54, 1.807) is 31.4 Å². The van der Waals surface area contributed by atoms with Gasteiger partial charge in [-0.15, -0.1) is 0 Å². The fourth-order valence-electron chi connectivity index (χ4n) is 5.81. The summed E-state index contributed by atoms with van der Waals surface area (Å²) >= 11 is 0. The fraction of sp³-hybridized carbons (Fsp3) is 0.286. The van der Waals surface area contributed by atoms with Gasteiger partial charge in [0.1, 0.15) is 17.1 Å². The summed E-state index contributed by atoms with van der Waals surface area (Å²) in [6.07, 6.45) is 2.90. The van der Waals surface area contributed by atoms with E-state index in [-0.39, 0.29) is 10.6 Å². The second kappa shape index (κ2) is 12.5. The number of nitro benzene ring substituents is 1. The topological polar surface area (TPSA) is 92.6 Å². The number of methoxy groups -OCH3 is 1. The lowest BCUT2D eigenvalue weighted by Crippen LogP contribution is -2.25. The summed E-state index contributed by atoms with van der Waals surface area (Å²) in [5.41, 5.74) is 7.14. The first kappa shape index (κ1) is 28.9. The van der Waals surface area contributed by atoms with Crippen LogP contribution in [0.1, 0.15) is 50.7 Å². The average Bonchev–Trinajstić information content (AvgIpc) is 3.01. The van der Waals surface area contributed by atoms with Crippen molar-refractivity contribution in [3.8, 4) is 28.2 Å². The van der Waals surface area contributed by atoms with Crippen molar-refractivity contribution < 1.29 is 14.1 Å². The van der Waals surface area contributed by atoms with Gasteiger partial charge in [-0.3, -0.25) is 10.1 Å². The number of nitro groups is 1. The van der Waals surface area contributed by atoms with Crippen molar-refractivity contribution in [2.75, 3.05) is 25.1 Å². The fourth-order valence-corrected chi connectivity index (χ4v) is 5.81. The summed E-state index contributed by atoms with van der Waals surface area (Å²) in [6.45, 7) is 8.09. The van der Waals surface area contributed by atoms with Crippen LogP contribution in [-0.4, -0.2) is 25.1 Å². The van der Waals surface area contributed by atoms with Gasteiger partial charge in [0.25, 0.3) is 5.69 Å². The van der Waals surface area contributed by atoms with Gasteiger partial charge < -0.3 is 19.5 Å². The molecule has 216 valence electrons. The molecule has 0 radical (unpaired) electrons. The van der Waals surface area contributed by atoms with Crippen molar-refractivity contribution in [2.24, 2.45) is 0 Å². The van der Waals surface area contributed by atoms with Crippen LogP contribution in [0, 0.1) is 15.5 Å². The summed E-state index contributed by atoms with van der Waals surface area (Å²) in [5.74, 6) is 1.96. The summed E-state index contributed by atoms with van der Waals surface area (Å²) in [6, 6.07) is 25.1. The third kappa shape index (κ3) is 5.73. The van der Waals surface area contributed by atoms with E-state index in [4.69, 9.17) is 14.6 Å². The SMILES string of the molecule is CCC(CC)c1ccc(-c2c3ccc(=N)cc-3oc3cc(N(CC)CCc4ccc([N+](=O)[O-])cc4)ccc23)c(OC)c1. The van der Waals surface area contributed by atoms with Gasteiger partial charge in [0, 0.05) is 65.1 Å². The van der Waals surface area contributed by atoms with Crippen molar-refractivity contribution in [3.63, 3.8) is 0 Å². The third-order valence-electron chi connectivity index (χ3n) is 8.22. The Morgan fingerprint density at radius 3 is 2.33 bits per heavy atom. The van der Waals surface area contributed by atoms with Crippen LogP contribution in [0.4, 0.5) is 11.4 Å². The molecule has 0 atom stereocenters. The highest BCUT2D eigenvalue weighted by Crippen LogP contribution is 2.45. The Hall–Kier alpha value is -4.65. The molecule has 0 aromatic heterocycles. The minimum Gasteiger partial charge on any atom is -0.496 e. The lowest BCUT2D eigenvalue weighted by atomic mass is 9.89. The van der Waals surface area contributed by atoms with Crippen molar-refractivity contribution in [2.45, 2.75) is 46.0 Å². The standard InChI is InChI=1S/C35H37N3O4/c1-5-24(6-2)25-10-15-29(32(20-25)41-4)35-30-16-11-26(36)21-33(30)42-34-22-28(14-17-31(34)35)37(7-3)19-18-23-8-12-27(13-9-23)38(39)40/h8-17,20-22,24,36H,5-7,18-19H2,1-4H3. The number of ether oxygens (including phenoxy) is 1. The van der Waals surface area contributed by atoms with Crippen molar-refractivity contribution in [3.05, 3.63) is 105 Å². The van der Waals surface area contributed by atoms with E-state index in [2.05, 4.69) is 62.1 Å². The molecule has 0 unspecified atom stereocenters. The van der Waals surface area contributed by atoms with Crippen LogP contribution in [-0.2, 0) is 6.42 Å². The van der Waals surface area contributed by atoms with Gasteiger partial charge in [-0.05, 0) is 73.6 Å². The molecule has 7 heteroatoms. The van der Waals surface area contributed by atoms with Crippen LogP contribution in [0.15, 0.2) is 83.3 Å². The van der Waals surface area contributed by atoms with Crippen LogP contribution in [0.2, 0.25) is 0 Å². The molecule has 1 N–H and O–H groups in total. The second-order valence-corrected chi connectivity index (χ2v) is 10.6. The maximum absolute atomic E-state index is 11.0. The first-order valence-electron chi connectivity index (χ1n) is 14.6. The van der Waals surface area contributed by atoms with Crippen LogP contribution >= 0.6 is 0 Å². The Balaban J connectivity index is 1.58. The number of nitrogens with one attached hydrogen (secondary N) is 1. The number of fused-ring (bicyclic) bond motifs is 2. The zero-order valence-corrected chi connectivity index (χ0v) is 24.6. The lowest BCUT2D eigenvalue weighted by molar-refractivity contribution is -0.384. The molecule has 3 aromatic carbocycles. The molecular formula is C35H37N3O4. The van der Waals surface area contributed by atoms with E-state index >= 15 is 0 Å². The quantitative estimate of drug-likeness (QED) is 0.0987. The molecule has 1 heterocycles. The molecule has 1 aliphatic heterocycles. The second-order valence-electron chi connectivity index (χ2n) is 10.6. The van der Waals surface area contributed by atoms with Crippen molar-refractivity contribution in [1.82, 2.24) is 0 Å². The van der Waals surface area contributed by atoms with Gasteiger partial charge in [-0.25, -0.2) is 0 Å². The van der Waals surface area contributed by atoms with Crippen LogP contribution in [0.5, 0.6) is 5.75 Å². The van der Waals surface area contributed by atoms with Gasteiger partial charge >= 0.3 is 0 Å². The third-order valence-corrected chi connectivity index (χ3v) is 8.22. The van der Waals surface area contributed by atoms with Gasteiger partial charge in [-0.2, -0.15) is 0 Å².